The molecule has 1 aliphatic rings. The minimum atomic E-state index is -3.35. The Hall–Kier alpha value is -0.470. The summed E-state index contributed by atoms with van der Waals surface area (Å²) in [6.07, 6.45) is 2.87. The lowest BCUT2D eigenvalue weighted by atomic mass is 9.97. The van der Waals surface area contributed by atoms with Gasteiger partial charge in [0.05, 0.1) is 0 Å². The Morgan fingerprint density at radius 3 is 2.67 bits per heavy atom. The van der Waals surface area contributed by atoms with Crippen LogP contribution in [0.5, 0.6) is 0 Å². The number of piperidine rings is 1. The molecular formula is C14H25N3O2S2. The first-order valence-electron chi connectivity index (χ1n) is 7.37. The summed E-state index contributed by atoms with van der Waals surface area (Å²) < 4.78 is 27.1. The minimum absolute atomic E-state index is 0.432. The number of thiophene rings is 1. The fraction of sp³-hybridized carbons (Fsp3) is 0.714. The van der Waals surface area contributed by atoms with Crippen molar-refractivity contribution < 1.29 is 8.42 Å². The van der Waals surface area contributed by atoms with Crippen molar-refractivity contribution in [2.45, 2.75) is 23.5 Å². The van der Waals surface area contributed by atoms with Crippen LogP contribution in [0.25, 0.3) is 0 Å². The summed E-state index contributed by atoms with van der Waals surface area (Å²) in [4.78, 5) is 3.33. The van der Waals surface area contributed by atoms with Gasteiger partial charge in [0.2, 0.25) is 0 Å². The molecule has 0 aliphatic carbocycles. The molecule has 120 valence electrons. The van der Waals surface area contributed by atoms with Crippen molar-refractivity contribution in [1.29, 1.82) is 0 Å². The van der Waals surface area contributed by atoms with Crippen molar-refractivity contribution in [2.75, 3.05) is 40.3 Å². The number of nitrogens with zero attached hydrogens (tertiary/aromatic N) is 2. The first-order valence-corrected chi connectivity index (χ1v) is 9.63. The van der Waals surface area contributed by atoms with E-state index in [1.54, 1.807) is 13.1 Å². The standard InChI is InChI=1S/C14H25N3O2S2/c1-16-9-6-12(7-10-16)11-17(2)21(18,19)14-4-3-13(20-14)5-8-15/h3-4,12H,5-11,15H2,1-2H3. The Kier molecular flexibility index (Phi) is 5.79. The van der Waals surface area contributed by atoms with Crippen molar-refractivity contribution in [3.63, 3.8) is 0 Å². The molecule has 0 aromatic carbocycles. The molecule has 2 heterocycles. The average Bonchev–Trinajstić information content (AvgIpc) is 2.91. The largest absolute Gasteiger partial charge is 0.330 e. The Labute approximate surface area is 131 Å². The lowest BCUT2D eigenvalue weighted by Crippen LogP contribution is -2.37. The van der Waals surface area contributed by atoms with Crippen LogP contribution in [0.1, 0.15) is 17.7 Å². The Balaban J connectivity index is 2.00. The summed E-state index contributed by atoms with van der Waals surface area (Å²) in [5.74, 6) is 0.462. The molecule has 2 N–H and O–H groups in total. The van der Waals surface area contributed by atoms with Crippen LogP contribution in [-0.2, 0) is 16.4 Å². The van der Waals surface area contributed by atoms with Gasteiger partial charge in [0.15, 0.2) is 0 Å². The summed E-state index contributed by atoms with van der Waals surface area (Å²) >= 11 is 1.34. The Bertz CT molecular complexity index is 548. The molecule has 0 amide bonds. The van der Waals surface area contributed by atoms with E-state index in [0.29, 0.717) is 23.2 Å². The molecule has 2 rings (SSSR count). The average molecular weight is 332 g/mol. The minimum Gasteiger partial charge on any atom is -0.330 e. The van der Waals surface area contributed by atoms with Gasteiger partial charge >= 0.3 is 0 Å². The van der Waals surface area contributed by atoms with E-state index in [1.165, 1.54) is 15.6 Å². The highest BCUT2D eigenvalue weighted by atomic mass is 32.2. The zero-order valence-electron chi connectivity index (χ0n) is 12.8. The summed E-state index contributed by atoms with van der Waals surface area (Å²) in [6.45, 7) is 3.27. The molecule has 0 bridgehead atoms. The van der Waals surface area contributed by atoms with Gasteiger partial charge in [-0.15, -0.1) is 11.3 Å². The van der Waals surface area contributed by atoms with E-state index in [9.17, 15) is 8.42 Å². The first kappa shape index (κ1) is 16.9. The lowest BCUT2D eigenvalue weighted by molar-refractivity contribution is 0.202. The molecule has 0 radical (unpaired) electrons. The number of hydrogen-bond acceptors (Lipinski definition) is 5. The van der Waals surface area contributed by atoms with Crippen molar-refractivity contribution >= 4 is 21.4 Å². The van der Waals surface area contributed by atoms with Crippen LogP contribution >= 0.6 is 11.3 Å². The highest BCUT2D eigenvalue weighted by Gasteiger charge is 2.26. The number of sulfonamides is 1. The molecule has 1 saturated heterocycles. The van der Waals surface area contributed by atoms with Gasteiger partial charge in [-0.25, -0.2) is 8.42 Å². The fourth-order valence-electron chi connectivity index (χ4n) is 2.63. The van der Waals surface area contributed by atoms with Crippen LogP contribution in [0.3, 0.4) is 0 Å². The second kappa shape index (κ2) is 7.19. The molecule has 0 unspecified atom stereocenters. The highest BCUT2D eigenvalue weighted by Crippen LogP contribution is 2.26. The molecule has 21 heavy (non-hydrogen) atoms. The van der Waals surface area contributed by atoms with Crippen molar-refractivity contribution in [3.05, 3.63) is 17.0 Å². The molecule has 0 atom stereocenters. The van der Waals surface area contributed by atoms with Gasteiger partial charge in [-0.05, 0) is 64.0 Å². The van der Waals surface area contributed by atoms with E-state index in [0.717, 1.165) is 37.2 Å². The van der Waals surface area contributed by atoms with Gasteiger partial charge in [0.25, 0.3) is 10.0 Å². The first-order chi connectivity index (χ1) is 9.93. The van der Waals surface area contributed by atoms with E-state index in [-0.39, 0.29) is 0 Å². The third-order valence-electron chi connectivity index (χ3n) is 4.05. The van der Waals surface area contributed by atoms with Crippen LogP contribution in [-0.4, -0.2) is 57.9 Å². The zero-order valence-corrected chi connectivity index (χ0v) is 14.4. The summed E-state index contributed by atoms with van der Waals surface area (Å²) in [7, 11) is 0.451. The van der Waals surface area contributed by atoms with Crippen molar-refractivity contribution in [1.82, 2.24) is 9.21 Å². The molecular weight excluding hydrogens is 306 g/mol. The number of likely N-dealkylation sites (tertiary alicyclic amines) is 1. The second-order valence-electron chi connectivity index (χ2n) is 5.79. The quantitative estimate of drug-likeness (QED) is 0.851. The van der Waals surface area contributed by atoms with Crippen molar-refractivity contribution in [3.8, 4) is 0 Å². The predicted molar refractivity (Wildman–Crippen MR) is 87.1 cm³/mol. The molecule has 0 saturated carbocycles. The molecule has 1 aliphatic heterocycles. The maximum atomic E-state index is 12.6. The SMILES string of the molecule is CN1CCC(CN(C)S(=O)(=O)c2ccc(CCN)s2)CC1. The van der Waals surface area contributed by atoms with Crippen LogP contribution < -0.4 is 5.73 Å². The summed E-state index contributed by atoms with van der Waals surface area (Å²) in [6, 6.07) is 3.57. The Morgan fingerprint density at radius 1 is 1.38 bits per heavy atom. The van der Waals surface area contributed by atoms with Gasteiger partial charge < -0.3 is 10.6 Å². The van der Waals surface area contributed by atoms with Crippen LogP contribution in [0, 0.1) is 5.92 Å². The number of nitrogens with two attached hydrogens (primary N) is 1. The fourth-order valence-corrected chi connectivity index (χ4v) is 5.46. The van der Waals surface area contributed by atoms with Gasteiger partial charge in [0.1, 0.15) is 4.21 Å². The van der Waals surface area contributed by atoms with E-state index >= 15 is 0 Å². The third-order valence-corrected chi connectivity index (χ3v) is 7.48. The maximum Gasteiger partial charge on any atom is 0.252 e. The van der Waals surface area contributed by atoms with Crippen LogP contribution in [0.4, 0.5) is 0 Å². The summed E-state index contributed by atoms with van der Waals surface area (Å²) in [5, 5.41) is 0. The van der Waals surface area contributed by atoms with Gasteiger partial charge in [-0.2, -0.15) is 4.31 Å². The number of rotatable bonds is 6. The topological polar surface area (TPSA) is 66.6 Å². The normalized spacial score (nSPS) is 18.5. The monoisotopic (exact) mass is 331 g/mol. The van der Waals surface area contributed by atoms with Crippen LogP contribution in [0.15, 0.2) is 16.3 Å². The third kappa shape index (κ3) is 4.26. The molecule has 1 fully saturated rings. The van der Waals surface area contributed by atoms with Crippen LogP contribution in [0.2, 0.25) is 0 Å². The molecule has 5 nitrogen and oxygen atoms in total. The van der Waals surface area contributed by atoms with Gasteiger partial charge in [-0.1, -0.05) is 0 Å². The van der Waals surface area contributed by atoms with E-state index < -0.39 is 10.0 Å². The summed E-state index contributed by atoms with van der Waals surface area (Å²) in [5.41, 5.74) is 5.52. The number of hydrogen-bond donors (Lipinski definition) is 1. The Morgan fingerprint density at radius 2 is 2.05 bits per heavy atom. The van der Waals surface area contributed by atoms with E-state index in [4.69, 9.17) is 5.73 Å². The van der Waals surface area contributed by atoms with Gasteiger partial charge in [-0.3, -0.25) is 0 Å². The lowest BCUT2D eigenvalue weighted by Gasteiger charge is -2.31. The highest BCUT2D eigenvalue weighted by molar-refractivity contribution is 7.91. The molecule has 7 heteroatoms. The van der Waals surface area contributed by atoms with Gasteiger partial charge in [0, 0.05) is 18.5 Å². The molecule has 0 spiro atoms. The van der Waals surface area contributed by atoms with Crippen molar-refractivity contribution in [2.24, 2.45) is 11.7 Å². The second-order valence-corrected chi connectivity index (χ2v) is 9.23. The maximum absolute atomic E-state index is 12.6. The zero-order chi connectivity index (χ0) is 15.5. The van der Waals surface area contributed by atoms with E-state index in [2.05, 4.69) is 11.9 Å². The molecule has 1 aromatic rings. The van der Waals surface area contributed by atoms with E-state index in [1.807, 2.05) is 6.07 Å². The predicted octanol–water partition coefficient (Wildman–Crippen LogP) is 1.21. The smallest absolute Gasteiger partial charge is 0.252 e. The molecule has 1 aromatic heterocycles.